The molecule has 0 aromatic rings. The third kappa shape index (κ3) is 3.86. The van der Waals surface area contributed by atoms with Crippen LogP contribution in [0.5, 0.6) is 0 Å². The maximum atomic E-state index is 4.45. The summed E-state index contributed by atoms with van der Waals surface area (Å²) in [6.45, 7) is 6.49. The fourth-order valence-electron chi connectivity index (χ4n) is 1.69. The van der Waals surface area contributed by atoms with Gasteiger partial charge in [-0.05, 0) is 25.3 Å². The molecule has 0 saturated heterocycles. The van der Waals surface area contributed by atoms with Crippen molar-refractivity contribution in [3.8, 4) is 0 Å². The lowest BCUT2D eigenvalue weighted by Crippen LogP contribution is -2.14. The normalized spacial score (nSPS) is 27.9. The van der Waals surface area contributed by atoms with Gasteiger partial charge in [-0.1, -0.05) is 44.2 Å². The summed E-state index contributed by atoms with van der Waals surface area (Å²) in [5.74, 6) is 1.08. The average Bonchev–Trinajstić information content (AvgIpc) is 2.26. The molecule has 0 fully saturated rings. The Bertz CT molecular complexity index is 284. The summed E-state index contributed by atoms with van der Waals surface area (Å²) >= 11 is 0. The van der Waals surface area contributed by atoms with Crippen LogP contribution in [0.25, 0.3) is 0 Å². The van der Waals surface area contributed by atoms with Gasteiger partial charge in [0, 0.05) is 12.1 Å². The second-order valence-electron chi connectivity index (χ2n) is 4.02. The molecule has 3 atom stereocenters. The van der Waals surface area contributed by atoms with E-state index in [1.165, 1.54) is 0 Å². The van der Waals surface area contributed by atoms with Gasteiger partial charge < -0.3 is 0 Å². The van der Waals surface area contributed by atoms with Crippen LogP contribution in [-0.4, -0.2) is 12.3 Å². The van der Waals surface area contributed by atoms with Gasteiger partial charge in [-0.15, -0.1) is 0 Å². The van der Waals surface area contributed by atoms with E-state index in [1.54, 1.807) is 0 Å². The molecule has 0 radical (unpaired) electrons. The van der Waals surface area contributed by atoms with Gasteiger partial charge in [0.15, 0.2) is 0 Å². The third-order valence-electron chi connectivity index (χ3n) is 2.76. The first-order chi connectivity index (χ1) is 7.27. The minimum atomic E-state index is 0.328. The van der Waals surface area contributed by atoms with E-state index >= 15 is 0 Å². The Morgan fingerprint density at radius 1 is 1.40 bits per heavy atom. The smallest absolute Gasteiger partial charge is 0.0740 e. The Hall–Kier alpha value is -1.11. The van der Waals surface area contributed by atoms with Crippen molar-refractivity contribution in [3.05, 3.63) is 36.5 Å². The largest absolute Gasteiger partial charge is 0.285 e. The fourth-order valence-corrected chi connectivity index (χ4v) is 1.69. The summed E-state index contributed by atoms with van der Waals surface area (Å²) in [6.07, 6.45) is 16.1. The van der Waals surface area contributed by atoms with Crippen molar-refractivity contribution in [3.63, 3.8) is 0 Å². The van der Waals surface area contributed by atoms with E-state index in [0.29, 0.717) is 17.9 Å². The van der Waals surface area contributed by atoms with Crippen molar-refractivity contribution in [2.45, 2.75) is 33.2 Å². The number of dihydropyridines is 1. The van der Waals surface area contributed by atoms with Crippen LogP contribution >= 0.6 is 0 Å². The van der Waals surface area contributed by atoms with Gasteiger partial charge in [0.25, 0.3) is 0 Å². The monoisotopic (exact) mass is 203 g/mol. The van der Waals surface area contributed by atoms with Crippen molar-refractivity contribution in [1.82, 2.24) is 0 Å². The van der Waals surface area contributed by atoms with E-state index < -0.39 is 0 Å². The Morgan fingerprint density at radius 2 is 2.20 bits per heavy atom. The van der Waals surface area contributed by atoms with Crippen LogP contribution in [0, 0.1) is 11.8 Å². The Kier molecular flexibility index (Phi) is 5.09. The van der Waals surface area contributed by atoms with Crippen LogP contribution < -0.4 is 0 Å². The van der Waals surface area contributed by atoms with E-state index in [-0.39, 0.29) is 0 Å². The first kappa shape index (κ1) is 12.0. The summed E-state index contributed by atoms with van der Waals surface area (Å²) in [5, 5.41) is 0. The van der Waals surface area contributed by atoms with Crippen LogP contribution in [-0.2, 0) is 0 Å². The zero-order chi connectivity index (χ0) is 11.1. The molecule has 1 nitrogen and oxygen atoms in total. The van der Waals surface area contributed by atoms with Crippen molar-refractivity contribution < 1.29 is 0 Å². The summed E-state index contributed by atoms with van der Waals surface area (Å²) < 4.78 is 0. The molecule has 0 amide bonds. The number of allylic oxidation sites excluding steroid dienone is 4. The fraction of sp³-hybridized carbons (Fsp3) is 0.500. The van der Waals surface area contributed by atoms with Crippen molar-refractivity contribution >= 4 is 6.21 Å². The van der Waals surface area contributed by atoms with Gasteiger partial charge in [0.1, 0.15) is 0 Å². The molecule has 1 heterocycles. The van der Waals surface area contributed by atoms with E-state index in [2.05, 4.69) is 56.1 Å². The molecule has 0 saturated carbocycles. The molecule has 82 valence electrons. The second-order valence-corrected chi connectivity index (χ2v) is 4.02. The number of nitrogens with zero attached hydrogens (tertiary/aromatic N) is 1. The highest BCUT2D eigenvalue weighted by atomic mass is 14.8. The standard InChI is InChI=1S/C14H21N/c1-4-7-13(5-2)9-10-14-12(3)8-6-11-15-14/h4,6-14H,5H2,1-3H3/b7-4?,10-9-. The first-order valence-corrected chi connectivity index (χ1v) is 5.79. The highest BCUT2D eigenvalue weighted by molar-refractivity contribution is 5.72. The lowest BCUT2D eigenvalue weighted by atomic mass is 9.97. The molecule has 1 rings (SSSR count). The van der Waals surface area contributed by atoms with Crippen molar-refractivity contribution in [2.24, 2.45) is 16.8 Å². The van der Waals surface area contributed by atoms with Crippen LogP contribution in [0.4, 0.5) is 0 Å². The highest BCUT2D eigenvalue weighted by Gasteiger charge is 2.11. The summed E-state index contributed by atoms with van der Waals surface area (Å²) in [7, 11) is 0. The Labute approximate surface area is 93.3 Å². The van der Waals surface area contributed by atoms with E-state index in [1.807, 2.05) is 12.3 Å². The Balaban J connectivity index is 2.55. The van der Waals surface area contributed by atoms with E-state index in [4.69, 9.17) is 0 Å². The van der Waals surface area contributed by atoms with Gasteiger partial charge in [-0.2, -0.15) is 0 Å². The van der Waals surface area contributed by atoms with Gasteiger partial charge in [0.2, 0.25) is 0 Å². The molecule has 0 spiro atoms. The predicted molar refractivity (Wildman–Crippen MR) is 68.3 cm³/mol. The molecule has 0 aromatic carbocycles. The quantitative estimate of drug-likeness (QED) is 0.616. The lowest BCUT2D eigenvalue weighted by Gasteiger charge is -2.16. The summed E-state index contributed by atoms with van der Waals surface area (Å²) in [6, 6.07) is 0.328. The highest BCUT2D eigenvalue weighted by Crippen LogP contribution is 2.15. The van der Waals surface area contributed by atoms with Gasteiger partial charge in [0.05, 0.1) is 6.04 Å². The number of hydrogen-bond acceptors (Lipinski definition) is 1. The molecular formula is C14H21N. The van der Waals surface area contributed by atoms with Gasteiger partial charge >= 0.3 is 0 Å². The zero-order valence-electron chi connectivity index (χ0n) is 9.93. The minimum absolute atomic E-state index is 0.328. The molecular weight excluding hydrogens is 182 g/mol. The van der Waals surface area contributed by atoms with Crippen LogP contribution in [0.2, 0.25) is 0 Å². The minimum Gasteiger partial charge on any atom is -0.285 e. The van der Waals surface area contributed by atoms with Crippen LogP contribution in [0.15, 0.2) is 41.4 Å². The number of rotatable bonds is 4. The van der Waals surface area contributed by atoms with Gasteiger partial charge in [-0.3, -0.25) is 4.99 Å². The van der Waals surface area contributed by atoms with Crippen LogP contribution in [0.3, 0.4) is 0 Å². The number of hydrogen-bond donors (Lipinski definition) is 0. The summed E-state index contributed by atoms with van der Waals surface area (Å²) in [5.41, 5.74) is 0. The van der Waals surface area contributed by atoms with E-state index in [0.717, 1.165) is 6.42 Å². The maximum absolute atomic E-state index is 4.45. The van der Waals surface area contributed by atoms with Crippen molar-refractivity contribution in [2.75, 3.05) is 0 Å². The molecule has 0 aliphatic carbocycles. The molecule has 0 aromatic heterocycles. The molecule has 15 heavy (non-hydrogen) atoms. The molecule has 0 bridgehead atoms. The topological polar surface area (TPSA) is 12.4 Å². The van der Waals surface area contributed by atoms with Gasteiger partial charge in [-0.25, -0.2) is 0 Å². The third-order valence-corrected chi connectivity index (χ3v) is 2.76. The molecule has 3 unspecified atom stereocenters. The average molecular weight is 203 g/mol. The zero-order valence-corrected chi connectivity index (χ0v) is 9.93. The van der Waals surface area contributed by atoms with E-state index in [9.17, 15) is 0 Å². The number of aliphatic imine (C=N–C) groups is 1. The van der Waals surface area contributed by atoms with Crippen molar-refractivity contribution in [1.29, 1.82) is 0 Å². The first-order valence-electron chi connectivity index (χ1n) is 5.79. The maximum Gasteiger partial charge on any atom is 0.0740 e. The summed E-state index contributed by atoms with van der Waals surface area (Å²) in [4.78, 5) is 4.45. The molecule has 1 aliphatic rings. The predicted octanol–water partition coefficient (Wildman–Crippen LogP) is 3.79. The lowest BCUT2D eigenvalue weighted by molar-refractivity contribution is 0.623. The molecule has 0 N–H and O–H groups in total. The molecule has 1 heteroatoms. The second kappa shape index (κ2) is 6.39. The SMILES string of the molecule is CC=CC(/C=C\C1N=CC=CC1C)CC. The molecule has 1 aliphatic heterocycles. The Morgan fingerprint density at radius 3 is 2.80 bits per heavy atom. The van der Waals surface area contributed by atoms with Crippen LogP contribution in [0.1, 0.15) is 27.2 Å².